The van der Waals surface area contributed by atoms with Crippen molar-refractivity contribution >= 4 is 5.97 Å². The molecule has 1 aliphatic rings. The van der Waals surface area contributed by atoms with Crippen molar-refractivity contribution in [2.24, 2.45) is 0 Å². The first kappa shape index (κ1) is 15.5. The molecule has 0 saturated heterocycles. The Bertz CT molecular complexity index is 769. The van der Waals surface area contributed by atoms with Gasteiger partial charge in [-0.3, -0.25) is 0 Å². The Hall–Kier alpha value is -2.43. The van der Waals surface area contributed by atoms with E-state index in [0.29, 0.717) is 17.0 Å². The number of nitrogens with zero attached hydrogens (tertiary/aromatic N) is 1. The lowest BCUT2D eigenvalue weighted by atomic mass is 9.96. The van der Waals surface area contributed by atoms with E-state index in [-0.39, 0.29) is 11.7 Å². The van der Waals surface area contributed by atoms with Crippen LogP contribution in [-0.4, -0.2) is 22.2 Å². The number of carbonyl (C=O) groups is 1. The lowest BCUT2D eigenvalue weighted by molar-refractivity contribution is 0.0692. The second-order valence-electron chi connectivity index (χ2n) is 5.97. The number of aryl methyl sites for hydroxylation is 2. The molecule has 0 radical (unpaired) electrons. The second-order valence-corrected chi connectivity index (χ2v) is 5.97. The number of hydrogen-bond donors (Lipinski definition) is 1. The third-order valence-corrected chi connectivity index (χ3v) is 4.22. The summed E-state index contributed by atoms with van der Waals surface area (Å²) in [5, 5.41) is 8.98. The van der Waals surface area contributed by atoms with Crippen LogP contribution in [0.4, 0.5) is 4.39 Å². The van der Waals surface area contributed by atoms with E-state index in [1.54, 1.807) is 13.1 Å². The third-order valence-electron chi connectivity index (χ3n) is 4.22. The second kappa shape index (κ2) is 5.99. The van der Waals surface area contributed by atoms with Crippen LogP contribution in [0.5, 0.6) is 5.88 Å². The predicted molar refractivity (Wildman–Crippen MR) is 84.3 cm³/mol. The normalized spacial score (nSPS) is 14.4. The Kier molecular flexibility index (Phi) is 4.03. The number of carboxylic acids is 1. The molecule has 1 aliphatic carbocycles. The topological polar surface area (TPSA) is 59.4 Å². The van der Waals surface area contributed by atoms with Crippen molar-refractivity contribution in [3.05, 3.63) is 46.9 Å². The Morgan fingerprint density at radius 1 is 1.26 bits per heavy atom. The first-order valence-corrected chi connectivity index (χ1v) is 7.63. The van der Waals surface area contributed by atoms with Crippen LogP contribution >= 0.6 is 0 Å². The number of ether oxygens (including phenoxy) is 1. The van der Waals surface area contributed by atoms with Crippen LogP contribution in [0.15, 0.2) is 24.4 Å². The maximum absolute atomic E-state index is 13.9. The first-order valence-electron chi connectivity index (χ1n) is 7.63. The van der Waals surface area contributed by atoms with E-state index in [9.17, 15) is 9.18 Å². The number of hydrogen-bond acceptors (Lipinski definition) is 3. The molecule has 1 fully saturated rings. The van der Waals surface area contributed by atoms with Crippen molar-refractivity contribution in [1.29, 1.82) is 0 Å². The van der Waals surface area contributed by atoms with Crippen LogP contribution in [0.2, 0.25) is 0 Å². The Labute approximate surface area is 133 Å². The summed E-state index contributed by atoms with van der Waals surface area (Å²) in [4.78, 5) is 15.3. The Morgan fingerprint density at radius 3 is 2.57 bits per heavy atom. The van der Waals surface area contributed by atoms with Crippen LogP contribution in [-0.2, 0) is 0 Å². The number of pyridine rings is 1. The van der Waals surface area contributed by atoms with E-state index in [1.165, 1.54) is 18.6 Å². The van der Waals surface area contributed by atoms with E-state index in [4.69, 9.17) is 9.84 Å². The molecule has 1 aromatic heterocycles. The summed E-state index contributed by atoms with van der Waals surface area (Å²) < 4.78 is 19.8. The zero-order valence-corrected chi connectivity index (χ0v) is 13.1. The van der Waals surface area contributed by atoms with Crippen molar-refractivity contribution in [1.82, 2.24) is 4.98 Å². The van der Waals surface area contributed by atoms with E-state index in [0.717, 1.165) is 24.0 Å². The van der Waals surface area contributed by atoms with Gasteiger partial charge in [0.1, 0.15) is 11.9 Å². The third kappa shape index (κ3) is 3.04. The van der Waals surface area contributed by atoms with Crippen LogP contribution in [0.3, 0.4) is 0 Å². The van der Waals surface area contributed by atoms with E-state index in [1.807, 2.05) is 13.0 Å². The number of aromatic carboxylic acids is 1. The van der Waals surface area contributed by atoms with Gasteiger partial charge in [0.15, 0.2) is 0 Å². The molecular formula is C18H18FNO3. The average molecular weight is 315 g/mol. The van der Waals surface area contributed by atoms with Crippen molar-refractivity contribution < 1.29 is 19.0 Å². The summed E-state index contributed by atoms with van der Waals surface area (Å²) in [6, 6.07) is 4.49. The summed E-state index contributed by atoms with van der Waals surface area (Å²) in [6.45, 7) is 3.66. The van der Waals surface area contributed by atoms with Gasteiger partial charge in [0.05, 0.1) is 5.56 Å². The quantitative estimate of drug-likeness (QED) is 0.921. The molecule has 1 heterocycles. The fourth-order valence-corrected chi connectivity index (χ4v) is 2.64. The molecule has 0 aliphatic heterocycles. The minimum Gasteiger partial charge on any atom is -0.478 e. The van der Waals surface area contributed by atoms with Gasteiger partial charge in [-0.25, -0.2) is 14.2 Å². The summed E-state index contributed by atoms with van der Waals surface area (Å²) in [5.74, 6) is -1.40. The standard InChI is InChI=1S/C18H18FNO3/c1-10-7-15(18(21)22)16(19)8-14(10)12-6-11(2)17(20-9-12)23-13-4-3-5-13/h6-9,13H,3-5H2,1-2H3,(H,21,22). The van der Waals surface area contributed by atoms with Crippen LogP contribution < -0.4 is 4.74 Å². The zero-order valence-electron chi connectivity index (χ0n) is 13.1. The van der Waals surface area contributed by atoms with Gasteiger partial charge in [0.25, 0.3) is 0 Å². The molecule has 0 atom stereocenters. The highest BCUT2D eigenvalue weighted by molar-refractivity contribution is 5.89. The molecule has 5 heteroatoms. The van der Waals surface area contributed by atoms with Gasteiger partial charge in [-0.1, -0.05) is 0 Å². The molecule has 0 bridgehead atoms. The fraction of sp³-hybridized carbons (Fsp3) is 0.333. The predicted octanol–water partition coefficient (Wildman–Crippen LogP) is 4.13. The van der Waals surface area contributed by atoms with E-state index in [2.05, 4.69) is 4.98 Å². The van der Waals surface area contributed by atoms with Crippen LogP contribution in [0.1, 0.15) is 40.7 Å². The van der Waals surface area contributed by atoms with Crippen molar-refractivity contribution in [3.8, 4) is 17.0 Å². The van der Waals surface area contributed by atoms with Crippen molar-refractivity contribution in [2.75, 3.05) is 0 Å². The number of rotatable bonds is 4. The van der Waals surface area contributed by atoms with E-state index < -0.39 is 11.8 Å². The van der Waals surface area contributed by atoms with E-state index >= 15 is 0 Å². The molecule has 4 nitrogen and oxygen atoms in total. The summed E-state index contributed by atoms with van der Waals surface area (Å²) in [6.07, 6.45) is 5.20. The van der Waals surface area contributed by atoms with Crippen molar-refractivity contribution in [3.63, 3.8) is 0 Å². The first-order chi connectivity index (χ1) is 11.0. The minimum absolute atomic E-state index is 0.251. The number of benzene rings is 1. The van der Waals surface area contributed by atoms with Gasteiger partial charge in [0.2, 0.25) is 5.88 Å². The molecule has 120 valence electrons. The van der Waals surface area contributed by atoms with Gasteiger partial charge in [-0.15, -0.1) is 0 Å². The van der Waals surface area contributed by atoms with Gasteiger partial charge in [-0.2, -0.15) is 0 Å². The lowest BCUT2D eigenvalue weighted by Crippen LogP contribution is -2.25. The zero-order chi connectivity index (χ0) is 16.6. The average Bonchev–Trinajstić information content (AvgIpc) is 2.45. The molecule has 0 amide bonds. The maximum Gasteiger partial charge on any atom is 0.338 e. The number of aromatic nitrogens is 1. The number of halogens is 1. The molecule has 23 heavy (non-hydrogen) atoms. The maximum atomic E-state index is 13.9. The Morgan fingerprint density at radius 2 is 2.00 bits per heavy atom. The van der Waals surface area contributed by atoms with Gasteiger partial charge < -0.3 is 9.84 Å². The van der Waals surface area contributed by atoms with Crippen molar-refractivity contribution in [2.45, 2.75) is 39.2 Å². The molecule has 1 N–H and O–H groups in total. The monoisotopic (exact) mass is 315 g/mol. The largest absolute Gasteiger partial charge is 0.478 e. The highest BCUT2D eigenvalue weighted by Crippen LogP contribution is 2.31. The van der Waals surface area contributed by atoms with Gasteiger partial charge >= 0.3 is 5.97 Å². The summed E-state index contributed by atoms with van der Waals surface area (Å²) in [7, 11) is 0. The van der Waals surface area contributed by atoms with Crippen LogP contribution in [0.25, 0.3) is 11.1 Å². The SMILES string of the molecule is Cc1cc(C(=O)O)c(F)cc1-c1cnc(OC2CCC2)c(C)c1. The van der Waals surface area contributed by atoms with Gasteiger partial charge in [-0.05, 0) is 62.4 Å². The lowest BCUT2D eigenvalue weighted by Gasteiger charge is -2.26. The highest BCUT2D eigenvalue weighted by atomic mass is 19.1. The smallest absolute Gasteiger partial charge is 0.338 e. The molecule has 0 spiro atoms. The fourth-order valence-electron chi connectivity index (χ4n) is 2.64. The summed E-state index contributed by atoms with van der Waals surface area (Å²) in [5.41, 5.74) is 2.64. The molecule has 0 unspecified atom stereocenters. The van der Waals surface area contributed by atoms with Gasteiger partial charge in [0, 0.05) is 17.3 Å². The number of carboxylic acid groups (broad SMARTS) is 1. The van der Waals surface area contributed by atoms with Crippen LogP contribution in [0, 0.1) is 19.7 Å². The molecule has 1 saturated carbocycles. The molecule has 3 rings (SSSR count). The molecule has 2 aromatic rings. The minimum atomic E-state index is -1.27. The molecular weight excluding hydrogens is 297 g/mol. The molecule has 1 aromatic carbocycles. The highest BCUT2D eigenvalue weighted by Gasteiger charge is 2.21. The summed E-state index contributed by atoms with van der Waals surface area (Å²) >= 11 is 0. The Balaban J connectivity index is 1.93.